The number of pyridine rings is 1. The van der Waals surface area contributed by atoms with Crippen LogP contribution in [0.25, 0.3) is 0 Å². The third kappa shape index (κ3) is 4.90. The Morgan fingerprint density at radius 2 is 2.14 bits per heavy atom. The third-order valence-electron chi connectivity index (χ3n) is 3.90. The fourth-order valence-corrected chi connectivity index (χ4v) is 2.56. The summed E-state index contributed by atoms with van der Waals surface area (Å²) >= 11 is 0. The van der Waals surface area contributed by atoms with E-state index in [0.717, 1.165) is 37.1 Å². The molecule has 1 aliphatic heterocycles. The van der Waals surface area contributed by atoms with Crippen LogP contribution < -0.4 is 10.1 Å². The highest BCUT2D eigenvalue weighted by atomic mass is 16.5. The number of nitrogens with one attached hydrogen (secondary N) is 1. The number of likely N-dealkylation sites (tertiary alicyclic amines) is 1. The molecule has 5 heteroatoms. The summed E-state index contributed by atoms with van der Waals surface area (Å²) in [4.78, 5) is 11.1. The van der Waals surface area contributed by atoms with E-state index in [0.29, 0.717) is 5.88 Å². The summed E-state index contributed by atoms with van der Waals surface area (Å²) in [6.07, 6.45) is 4.49. The van der Waals surface area contributed by atoms with Crippen molar-refractivity contribution in [2.75, 3.05) is 20.1 Å². The number of aromatic nitrogens is 1. The monoisotopic (exact) mass is 304 g/mol. The molecule has 1 aliphatic rings. The van der Waals surface area contributed by atoms with Crippen LogP contribution in [0.5, 0.6) is 5.88 Å². The van der Waals surface area contributed by atoms with Crippen LogP contribution in [0.2, 0.25) is 0 Å². The number of rotatable bonds is 4. The van der Waals surface area contributed by atoms with Crippen LogP contribution in [0.4, 0.5) is 0 Å². The molecule has 22 heavy (non-hydrogen) atoms. The molecule has 0 aliphatic carbocycles. The lowest BCUT2D eigenvalue weighted by Gasteiger charge is -2.32. The molecule has 0 radical (unpaired) electrons. The van der Waals surface area contributed by atoms with Crippen LogP contribution in [-0.4, -0.2) is 42.1 Å². The van der Waals surface area contributed by atoms with E-state index in [-0.39, 0.29) is 6.10 Å². The molecule has 0 saturated carbocycles. The van der Waals surface area contributed by atoms with Crippen LogP contribution in [0.3, 0.4) is 0 Å². The maximum Gasteiger partial charge on any atom is 0.213 e. The van der Waals surface area contributed by atoms with Gasteiger partial charge in [0.25, 0.3) is 0 Å². The molecule has 1 aromatic heterocycles. The number of nitrogens with zero attached hydrogens (tertiary/aromatic N) is 3. The summed E-state index contributed by atoms with van der Waals surface area (Å²) in [7, 11) is 1.85. The normalized spacial score (nSPS) is 17.0. The highest BCUT2D eigenvalue weighted by molar-refractivity contribution is 5.79. The zero-order chi connectivity index (χ0) is 15.9. The van der Waals surface area contributed by atoms with Crippen LogP contribution in [0.15, 0.2) is 23.3 Å². The minimum atomic E-state index is 0.150. The van der Waals surface area contributed by atoms with Crippen molar-refractivity contribution >= 4 is 5.96 Å². The molecule has 2 heterocycles. The first-order valence-electron chi connectivity index (χ1n) is 8.15. The summed E-state index contributed by atoms with van der Waals surface area (Å²) in [5.41, 5.74) is 1.13. The van der Waals surface area contributed by atoms with Gasteiger partial charge in [0.15, 0.2) is 5.96 Å². The van der Waals surface area contributed by atoms with Crippen molar-refractivity contribution in [2.45, 2.75) is 46.3 Å². The standard InChI is InChI=1S/C17H28N4O/c1-13(2)22-16-6-5-15(11-19-16)12-20-17(18-4)21-9-7-14(3)8-10-21/h5-6,11,13-14H,7-10,12H2,1-4H3,(H,18,20). The quantitative estimate of drug-likeness (QED) is 0.686. The third-order valence-corrected chi connectivity index (χ3v) is 3.90. The smallest absolute Gasteiger partial charge is 0.213 e. The maximum atomic E-state index is 5.56. The van der Waals surface area contributed by atoms with Gasteiger partial charge in [0.2, 0.25) is 5.88 Å². The number of guanidine groups is 1. The fraction of sp³-hybridized carbons (Fsp3) is 0.647. The van der Waals surface area contributed by atoms with Gasteiger partial charge < -0.3 is 15.0 Å². The van der Waals surface area contributed by atoms with Gasteiger partial charge >= 0.3 is 0 Å². The van der Waals surface area contributed by atoms with E-state index >= 15 is 0 Å². The average Bonchev–Trinajstić information content (AvgIpc) is 2.50. The summed E-state index contributed by atoms with van der Waals surface area (Å²) in [5, 5.41) is 3.43. The topological polar surface area (TPSA) is 49.8 Å². The van der Waals surface area contributed by atoms with E-state index in [2.05, 4.69) is 27.1 Å². The number of hydrogen-bond acceptors (Lipinski definition) is 3. The maximum absolute atomic E-state index is 5.56. The number of piperidine rings is 1. The van der Waals surface area contributed by atoms with Gasteiger partial charge in [-0.05, 0) is 38.2 Å². The van der Waals surface area contributed by atoms with E-state index < -0.39 is 0 Å². The molecular weight excluding hydrogens is 276 g/mol. The summed E-state index contributed by atoms with van der Waals surface area (Å²) in [5.74, 6) is 2.48. The largest absolute Gasteiger partial charge is 0.475 e. The minimum Gasteiger partial charge on any atom is -0.475 e. The molecule has 1 aromatic rings. The fourth-order valence-electron chi connectivity index (χ4n) is 2.56. The molecule has 0 amide bonds. The van der Waals surface area contributed by atoms with Crippen molar-refractivity contribution < 1.29 is 4.74 Å². The highest BCUT2D eigenvalue weighted by Gasteiger charge is 2.18. The van der Waals surface area contributed by atoms with Crippen molar-refractivity contribution in [1.29, 1.82) is 0 Å². The second-order valence-corrected chi connectivity index (χ2v) is 6.24. The lowest BCUT2D eigenvalue weighted by atomic mass is 10.00. The summed E-state index contributed by atoms with van der Waals surface area (Å²) in [6.45, 7) is 9.22. The molecule has 0 aromatic carbocycles. The Morgan fingerprint density at radius 3 is 2.68 bits per heavy atom. The summed E-state index contributed by atoms with van der Waals surface area (Å²) in [6, 6.07) is 3.96. The second-order valence-electron chi connectivity index (χ2n) is 6.24. The van der Waals surface area contributed by atoms with E-state index in [1.807, 2.05) is 39.2 Å². The van der Waals surface area contributed by atoms with E-state index in [1.54, 1.807) is 0 Å². The Labute approximate surface area is 133 Å². The van der Waals surface area contributed by atoms with Gasteiger partial charge in [-0.1, -0.05) is 13.0 Å². The average molecular weight is 304 g/mol. The Morgan fingerprint density at radius 1 is 1.41 bits per heavy atom. The Kier molecular flexibility index (Phi) is 6.04. The van der Waals surface area contributed by atoms with Crippen LogP contribution >= 0.6 is 0 Å². The zero-order valence-corrected chi connectivity index (χ0v) is 14.2. The number of hydrogen-bond donors (Lipinski definition) is 1. The Hall–Kier alpha value is -1.78. The molecular formula is C17H28N4O. The molecule has 0 unspecified atom stereocenters. The van der Waals surface area contributed by atoms with Gasteiger partial charge in [-0.25, -0.2) is 4.98 Å². The van der Waals surface area contributed by atoms with Gasteiger partial charge in [0, 0.05) is 38.9 Å². The van der Waals surface area contributed by atoms with Crippen molar-refractivity contribution in [3.05, 3.63) is 23.9 Å². The van der Waals surface area contributed by atoms with Gasteiger partial charge in [-0.2, -0.15) is 0 Å². The molecule has 0 atom stereocenters. The number of ether oxygens (including phenoxy) is 1. The van der Waals surface area contributed by atoms with Crippen LogP contribution in [-0.2, 0) is 6.54 Å². The van der Waals surface area contributed by atoms with Crippen LogP contribution in [0.1, 0.15) is 39.2 Å². The molecule has 1 saturated heterocycles. The minimum absolute atomic E-state index is 0.150. The first-order valence-corrected chi connectivity index (χ1v) is 8.15. The first kappa shape index (κ1) is 16.6. The van der Waals surface area contributed by atoms with E-state index in [1.165, 1.54) is 12.8 Å². The highest BCUT2D eigenvalue weighted by Crippen LogP contribution is 2.16. The van der Waals surface area contributed by atoms with Crippen molar-refractivity contribution in [2.24, 2.45) is 10.9 Å². The van der Waals surface area contributed by atoms with Gasteiger partial charge in [0.05, 0.1) is 6.10 Å². The molecule has 0 spiro atoms. The Balaban J connectivity index is 1.85. The molecule has 2 rings (SSSR count). The van der Waals surface area contributed by atoms with Crippen molar-refractivity contribution in [1.82, 2.24) is 15.2 Å². The van der Waals surface area contributed by atoms with Crippen LogP contribution in [0, 0.1) is 5.92 Å². The Bertz CT molecular complexity index is 476. The predicted molar refractivity (Wildman–Crippen MR) is 90.2 cm³/mol. The zero-order valence-electron chi connectivity index (χ0n) is 14.2. The molecule has 1 fully saturated rings. The lowest BCUT2D eigenvalue weighted by Crippen LogP contribution is -2.45. The SMILES string of the molecule is CN=C(NCc1ccc(OC(C)C)nc1)N1CCC(C)CC1. The van der Waals surface area contributed by atoms with E-state index in [4.69, 9.17) is 4.74 Å². The lowest BCUT2D eigenvalue weighted by molar-refractivity contribution is 0.232. The second kappa shape index (κ2) is 8.01. The first-order chi connectivity index (χ1) is 10.6. The van der Waals surface area contributed by atoms with Gasteiger partial charge in [-0.15, -0.1) is 0 Å². The van der Waals surface area contributed by atoms with Gasteiger partial charge in [0.1, 0.15) is 0 Å². The van der Waals surface area contributed by atoms with E-state index in [9.17, 15) is 0 Å². The molecule has 0 bridgehead atoms. The molecule has 1 N–H and O–H groups in total. The van der Waals surface area contributed by atoms with Crippen molar-refractivity contribution in [3.63, 3.8) is 0 Å². The number of aliphatic imine (C=N–C) groups is 1. The molecule has 122 valence electrons. The summed E-state index contributed by atoms with van der Waals surface area (Å²) < 4.78 is 5.56. The molecule has 5 nitrogen and oxygen atoms in total. The van der Waals surface area contributed by atoms with Crippen molar-refractivity contribution in [3.8, 4) is 5.88 Å². The van der Waals surface area contributed by atoms with Gasteiger partial charge in [-0.3, -0.25) is 4.99 Å². The predicted octanol–water partition coefficient (Wildman–Crippen LogP) is 2.68.